The molecule has 0 aliphatic carbocycles. The van der Waals surface area contributed by atoms with Gasteiger partial charge in [-0.05, 0) is 24.6 Å². The number of fused-ring (bicyclic) bond motifs is 1. The number of aryl methyl sites for hydroxylation is 1. The minimum absolute atomic E-state index is 0.0471. The number of carbonyl (C=O) groups is 1. The molecule has 1 aromatic carbocycles. The van der Waals surface area contributed by atoms with E-state index in [1.807, 2.05) is 16.8 Å². The summed E-state index contributed by atoms with van der Waals surface area (Å²) in [6.07, 6.45) is 3.42. The number of aromatic nitrogens is 3. The van der Waals surface area contributed by atoms with E-state index in [9.17, 15) is 4.79 Å². The molecule has 2 N–H and O–H groups in total. The molecule has 1 atom stereocenters. The summed E-state index contributed by atoms with van der Waals surface area (Å²) in [5.74, 6) is 1.66. The smallest absolute Gasteiger partial charge is 0.234 e. The molecule has 0 radical (unpaired) electrons. The van der Waals surface area contributed by atoms with Gasteiger partial charge in [0.25, 0.3) is 0 Å². The topological polar surface area (TPSA) is 81.1 Å². The monoisotopic (exact) mass is 349 g/mol. The first kappa shape index (κ1) is 16.7. The van der Waals surface area contributed by atoms with Gasteiger partial charge < -0.3 is 15.4 Å². The third kappa shape index (κ3) is 4.69. The van der Waals surface area contributed by atoms with Crippen LogP contribution >= 0.6 is 11.6 Å². The molecule has 1 amide bonds. The van der Waals surface area contributed by atoms with Gasteiger partial charge in [-0.1, -0.05) is 17.7 Å². The summed E-state index contributed by atoms with van der Waals surface area (Å²) in [5.41, 5.74) is 0. The summed E-state index contributed by atoms with van der Waals surface area (Å²) in [5, 5.41) is 10.9. The van der Waals surface area contributed by atoms with Gasteiger partial charge in [-0.2, -0.15) is 5.10 Å². The van der Waals surface area contributed by atoms with Gasteiger partial charge >= 0.3 is 0 Å². The molecule has 0 saturated heterocycles. The van der Waals surface area contributed by atoms with Crippen LogP contribution in [0.4, 0.5) is 0 Å². The van der Waals surface area contributed by atoms with Crippen LogP contribution in [0.15, 0.2) is 30.6 Å². The maximum Gasteiger partial charge on any atom is 0.234 e. The zero-order valence-corrected chi connectivity index (χ0v) is 14.0. The molecule has 7 nitrogen and oxygen atoms in total. The van der Waals surface area contributed by atoms with Crippen LogP contribution in [0.5, 0.6) is 5.75 Å². The quantitative estimate of drug-likeness (QED) is 0.730. The number of nitrogens with one attached hydrogen (secondary N) is 2. The number of halogens is 1. The number of nitrogens with zero attached hydrogens (tertiary/aromatic N) is 3. The van der Waals surface area contributed by atoms with E-state index in [0.717, 1.165) is 25.2 Å². The first-order chi connectivity index (χ1) is 11.7. The summed E-state index contributed by atoms with van der Waals surface area (Å²) in [6, 6.07) is 7.43. The van der Waals surface area contributed by atoms with Gasteiger partial charge in [-0.3, -0.25) is 4.79 Å². The Bertz CT molecular complexity index is 691. The summed E-state index contributed by atoms with van der Waals surface area (Å²) >= 11 is 5.88. The normalized spacial score (nSPS) is 16.5. The predicted octanol–water partition coefficient (Wildman–Crippen LogP) is 1.03. The molecule has 0 spiro atoms. The SMILES string of the molecule is O=C(CNC1CCc2ncnn2C1)NCCOc1cccc(Cl)c1. The number of hydrogen-bond acceptors (Lipinski definition) is 5. The fourth-order valence-electron chi connectivity index (χ4n) is 2.62. The largest absolute Gasteiger partial charge is 0.492 e. The highest BCUT2D eigenvalue weighted by molar-refractivity contribution is 6.30. The Kier molecular flexibility index (Phi) is 5.66. The highest BCUT2D eigenvalue weighted by Crippen LogP contribution is 2.16. The van der Waals surface area contributed by atoms with Crippen LogP contribution in [0.25, 0.3) is 0 Å². The summed E-state index contributed by atoms with van der Waals surface area (Å²) in [4.78, 5) is 16.1. The van der Waals surface area contributed by atoms with Crippen LogP contribution in [-0.4, -0.2) is 46.4 Å². The number of ether oxygens (including phenoxy) is 1. The molecule has 1 aliphatic heterocycles. The van der Waals surface area contributed by atoms with E-state index >= 15 is 0 Å². The van der Waals surface area contributed by atoms with Crippen molar-refractivity contribution in [2.24, 2.45) is 0 Å². The fraction of sp³-hybridized carbons (Fsp3) is 0.438. The predicted molar refractivity (Wildman–Crippen MR) is 90.1 cm³/mol. The Balaban J connectivity index is 1.30. The molecule has 1 unspecified atom stereocenters. The Hall–Kier alpha value is -2.12. The Labute approximate surface area is 145 Å². The molecule has 2 aromatic rings. The second kappa shape index (κ2) is 8.12. The molecule has 0 fully saturated rings. The van der Waals surface area contributed by atoms with Crippen molar-refractivity contribution in [3.63, 3.8) is 0 Å². The van der Waals surface area contributed by atoms with Gasteiger partial charge in [0.1, 0.15) is 24.5 Å². The van der Waals surface area contributed by atoms with E-state index in [-0.39, 0.29) is 18.5 Å². The van der Waals surface area contributed by atoms with Crippen molar-refractivity contribution in [2.75, 3.05) is 19.7 Å². The lowest BCUT2D eigenvalue weighted by molar-refractivity contribution is -0.120. The number of carbonyl (C=O) groups excluding carboxylic acids is 1. The average molecular weight is 350 g/mol. The number of rotatable bonds is 7. The third-order valence-electron chi connectivity index (χ3n) is 3.85. The van der Waals surface area contributed by atoms with Crippen LogP contribution in [-0.2, 0) is 17.8 Å². The molecule has 2 heterocycles. The number of benzene rings is 1. The van der Waals surface area contributed by atoms with E-state index in [1.54, 1.807) is 18.5 Å². The molecule has 1 aliphatic rings. The molecular weight excluding hydrogens is 330 g/mol. The molecule has 3 rings (SSSR count). The van der Waals surface area contributed by atoms with Crippen molar-refractivity contribution in [3.8, 4) is 5.75 Å². The van der Waals surface area contributed by atoms with Crippen molar-refractivity contribution in [1.29, 1.82) is 0 Å². The molecule has 1 aromatic heterocycles. The van der Waals surface area contributed by atoms with E-state index in [1.165, 1.54) is 0 Å². The minimum Gasteiger partial charge on any atom is -0.492 e. The van der Waals surface area contributed by atoms with E-state index in [2.05, 4.69) is 20.7 Å². The maximum absolute atomic E-state index is 11.9. The molecule has 8 heteroatoms. The maximum atomic E-state index is 11.9. The van der Waals surface area contributed by atoms with Crippen LogP contribution in [0.1, 0.15) is 12.2 Å². The molecule has 0 saturated carbocycles. The van der Waals surface area contributed by atoms with Crippen molar-refractivity contribution < 1.29 is 9.53 Å². The Morgan fingerprint density at radius 3 is 3.25 bits per heavy atom. The zero-order chi connectivity index (χ0) is 16.8. The van der Waals surface area contributed by atoms with Gasteiger partial charge in [-0.25, -0.2) is 9.67 Å². The first-order valence-electron chi connectivity index (χ1n) is 7.96. The van der Waals surface area contributed by atoms with Crippen LogP contribution < -0.4 is 15.4 Å². The number of hydrogen-bond donors (Lipinski definition) is 2. The standard InChI is InChI=1S/C16H20ClN5O2/c17-12-2-1-3-14(8-12)24-7-6-18-16(23)9-19-13-4-5-15-20-11-21-22(15)10-13/h1-3,8,11,13,19H,4-7,9-10H2,(H,18,23). The first-order valence-corrected chi connectivity index (χ1v) is 8.33. The molecule has 24 heavy (non-hydrogen) atoms. The van der Waals surface area contributed by atoms with Gasteiger partial charge in [0.15, 0.2) is 0 Å². The van der Waals surface area contributed by atoms with Crippen molar-refractivity contribution in [3.05, 3.63) is 41.4 Å². The summed E-state index contributed by atoms with van der Waals surface area (Å²) in [6.45, 7) is 1.88. The third-order valence-corrected chi connectivity index (χ3v) is 4.08. The second-order valence-electron chi connectivity index (χ2n) is 5.63. The summed E-state index contributed by atoms with van der Waals surface area (Å²) < 4.78 is 7.41. The lowest BCUT2D eigenvalue weighted by atomic mass is 10.1. The van der Waals surface area contributed by atoms with Crippen LogP contribution in [0.2, 0.25) is 5.02 Å². The summed E-state index contributed by atoms with van der Waals surface area (Å²) in [7, 11) is 0. The van der Waals surface area contributed by atoms with Gasteiger partial charge in [-0.15, -0.1) is 0 Å². The average Bonchev–Trinajstić information content (AvgIpc) is 3.05. The lowest BCUT2D eigenvalue weighted by Gasteiger charge is -2.23. The highest BCUT2D eigenvalue weighted by Gasteiger charge is 2.19. The van der Waals surface area contributed by atoms with Gasteiger partial charge in [0.05, 0.1) is 19.6 Å². The number of amides is 1. The van der Waals surface area contributed by atoms with Gasteiger partial charge in [0.2, 0.25) is 5.91 Å². The zero-order valence-electron chi connectivity index (χ0n) is 13.2. The van der Waals surface area contributed by atoms with Crippen LogP contribution in [0.3, 0.4) is 0 Å². The van der Waals surface area contributed by atoms with Gasteiger partial charge in [0, 0.05) is 17.5 Å². The Morgan fingerprint density at radius 2 is 2.38 bits per heavy atom. The van der Waals surface area contributed by atoms with Crippen LogP contribution in [0, 0.1) is 0 Å². The van der Waals surface area contributed by atoms with Crippen molar-refractivity contribution >= 4 is 17.5 Å². The molecule has 0 bridgehead atoms. The molecule has 128 valence electrons. The van der Waals surface area contributed by atoms with Crippen molar-refractivity contribution in [1.82, 2.24) is 25.4 Å². The molecular formula is C16H20ClN5O2. The van der Waals surface area contributed by atoms with E-state index in [4.69, 9.17) is 16.3 Å². The lowest BCUT2D eigenvalue weighted by Crippen LogP contribution is -2.44. The van der Waals surface area contributed by atoms with E-state index in [0.29, 0.717) is 23.9 Å². The van der Waals surface area contributed by atoms with E-state index < -0.39 is 0 Å². The van der Waals surface area contributed by atoms with Crippen molar-refractivity contribution in [2.45, 2.75) is 25.4 Å². The minimum atomic E-state index is -0.0471. The Morgan fingerprint density at radius 1 is 1.46 bits per heavy atom. The second-order valence-corrected chi connectivity index (χ2v) is 6.07. The fourth-order valence-corrected chi connectivity index (χ4v) is 2.80. The highest BCUT2D eigenvalue weighted by atomic mass is 35.5.